The lowest BCUT2D eigenvalue weighted by Crippen LogP contribution is -2.30. The molecule has 0 aliphatic carbocycles. The Morgan fingerprint density at radius 2 is 1.48 bits per heavy atom. The molecule has 0 bridgehead atoms. The second-order valence-corrected chi connectivity index (χ2v) is 6.71. The molecule has 0 spiro atoms. The zero-order valence-electron chi connectivity index (χ0n) is 16.0. The Kier molecular flexibility index (Phi) is 6.58. The molecule has 3 aromatic carbocycles. The van der Waals surface area contributed by atoms with Crippen LogP contribution in [0.3, 0.4) is 0 Å². The van der Waals surface area contributed by atoms with Crippen molar-refractivity contribution < 1.29 is 9.18 Å². The summed E-state index contributed by atoms with van der Waals surface area (Å²) in [5, 5.41) is 0. The summed E-state index contributed by atoms with van der Waals surface area (Å²) in [5.41, 5.74) is 14.0. The molecule has 0 saturated heterocycles. The van der Waals surface area contributed by atoms with Gasteiger partial charge in [-0.15, -0.1) is 0 Å². The van der Waals surface area contributed by atoms with Crippen molar-refractivity contribution in [2.24, 2.45) is 16.5 Å². The van der Waals surface area contributed by atoms with Gasteiger partial charge in [0.2, 0.25) is 0 Å². The van der Waals surface area contributed by atoms with Gasteiger partial charge in [0.05, 0.1) is 6.54 Å². The van der Waals surface area contributed by atoms with Gasteiger partial charge in [-0.1, -0.05) is 54.6 Å². The van der Waals surface area contributed by atoms with E-state index < -0.39 is 0 Å². The summed E-state index contributed by atoms with van der Waals surface area (Å²) in [7, 11) is 0. The van der Waals surface area contributed by atoms with Crippen molar-refractivity contribution in [1.82, 2.24) is 4.90 Å². The van der Waals surface area contributed by atoms with Crippen molar-refractivity contribution in [1.29, 1.82) is 0 Å². The number of nitrogens with two attached hydrogens (primary N) is 2. The van der Waals surface area contributed by atoms with E-state index in [1.165, 1.54) is 12.1 Å². The Labute approximate surface area is 169 Å². The number of halogens is 1. The van der Waals surface area contributed by atoms with Crippen LogP contribution in [0, 0.1) is 5.82 Å². The van der Waals surface area contributed by atoms with Gasteiger partial charge in [0.15, 0.2) is 5.96 Å². The molecule has 4 N–H and O–H groups in total. The Balaban J connectivity index is 1.81. The largest absolute Gasteiger partial charge is 0.370 e. The zero-order chi connectivity index (χ0) is 20.6. The van der Waals surface area contributed by atoms with Crippen LogP contribution in [-0.2, 0) is 19.6 Å². The standard InChI is InChI=1S/C23H23FN4O/c24-21-8-4-5-19(13-21)16-28(22(29)20-6-2-1-3-7-20)15-18-11-9-17(10-12-18)14-27-23(25)26/h1-13H,14-16H2,(H4,25,26,27). The maximum Gasteiger partial charge on any atom is 0.254 e. The number of aliphatic imine (C=N–C) groups is 1. The van der Waals surface area contributed by atoms with Gasteiger partial charge >= 0.3 is 0 Å². The minimum Gasteiger partial charge on any atom is -0.370 e. The van der Waals surface area contributed by atoms with Crippen molar-refractivity contribution in [2.45, 2.75) is 19.6 Å². The van der Waals surface area contributed by atoms with Crippen LogP contribution in [-0.4, -0.2) is 16.8 Å². The molecule has 6 heteroatoms. The van der Waals surface area contributed by atoms with E-state index in [9.17, 15) is 9.18 Å². The van der Waals surface area contributed by atoms with Gasteiger partial charge in [0.25, 0.3) is 5.91 Å². The molecule has 3 rings (SSSR count). The van der Waals surface area contributed by atoms with Gasteiger partial charge in [-0.25, -0.2) is 9.38 Å². The van der Waals surface area contributed by atoms with Crippen LogP contribution in [0.15, 0.2) is 83.9 Å². The van der Waals surface area contributed by atoms with Gasteiger partial charge in [0, 0.05) is 18.7 Å². The number of guanidine groups is 1. The Bertz CT molecular complexity index is 983. The van der Waals surface area contributed by atoms with Crippen LogP contribution in [0.1, 0.15) is 27.0 Å². The molecule has 0 fully saturated rings. The van der Waals surface area contributed by atoms with Crippen LogP contribution in [0.4, 0.5) is 4.39 Å². The summed E-state index contributed by atoms with van der Waals surface area (Å²) in [6.07, 6.45) is 0. The number of hydrogen-bond donors (Lipinski definition) is 2. The van der Waals surface area contributed by atoms with E-state index in [1.807, 2.05) is 48.5 Å². The molecule has 0 radical (unpaired) electrons. The van der Waals surface area contributed by atoms with Crippen LogP contribution in [0.5, 0.6) is 0 Å². The Hall–Kier alpha value is -3.67. The highest BCUT2D eigenvalue weighted by Crippen LogP contribution is 2.16. The molecular weight excluding hydrogens is 367 g/mol. The molecule has 1 amide bonds. The third-order valence-electron chi connectivity index (χ3n) is 4.41. The molecule has 5 nitrogen and oxygen atoms in total. The van der Waals surface area contributed by atoms with Gasteiger partial charge in [-0.05, 0) is 41.0 Å². The molecule has 3 aromatic rings. The molecule has 148 valence electrons. The first-order valence-electron chi connectivity index (χ1n) is 9.23. The van der Waals surface area contributed by atoms with Gasteiger partial charge < -0.3 is 16.4 Å². The number of hydrogen-bond acceptors (Lipinski definition) is 2. The highest BCUT2D eigenvalue weighted by Gasteiger charge is 2.17. The Morgan fingerprint density at radius 1 is 0.828 bits per heavy atom. The number of amides is 1. The summed E-state index contributed by atoms with van der Waals surface area (Å²) in [6.45, 7) is 1.10. The first-order valence-corrected chi connectivity index (χ1v) is 9.23. The van der Waals surface area contributed by atoms with Crippen molar-refractivity contribution in [2.75, 3.05) is 0 Å². The third-order valence-corrected chi connectivity index (χ3v) is 4.41. The van der Waals surface area contributed by atoms with E-state index in [0.29, 0.717) is 25.2 Å². The number of nitrogens with zero attached hydrogens (tertiary/aromatic N) is 2. The highest BCUT2D eigenvalue weighted by atomic mass is 19.1. The number of carbonyl (C=O) groups is 1. The Morgan fingerprint density at radius 3 is 2.14 bits per heavy atom. The van der Waals surface area contributed by atoms with Crippen LogP contribution < -0.4 is 11.5 Å². The normalized spacial score (nSPS) is 10.4. The molecule has 0 saturated carbocycles. The molecule has 0 heterocycles. The molecule has 0 atom stereocenters. The third kappa shape index (κ3) is 5.90. The minimum atomic E-state index is -0.321. The lowest BCUT2D eigenvalue weighted by Gasteiger charge is -2.23. The van der Waals surface area contributed by atoms with E-state index in [1.54, 1.807) is 23.1 Å². The predicted molar refractivity (Wildman–Crippen MR) is 112 cm³/mol. The van der Waals surface area contributed by atoms with Crippen molar-refractivity contribution in [3.8, 4) is 0 Å². The highest BCUT2D eigenvalue weighted by molar-refractivity contribution is 5.94. The molecular formula is C23H23FN4O. The number of benzene rings is 3. The molecule has 0 aromatic heterocycles. The van der Waals surface area contributed by atoms with E-state index in [0.717, 1.165) is 16.7 Å². The van der Waals surface area contributed by atoms with E-state index in [-0.39, 0.29) is 17.7 Å². The second kappa shape index (κ2) is 9.50. The molecule has 0 aliphatic heterocycles. The molecule has 0 unspecified atom stereocenters. The zero-order valence-corrected chi connectivity index (χ0v) is 16.0. The summed E-state index contributed by atoms with van der Waals surface area (Å²) in [5.74, 6) is -0.387. The number of rotatable bonds is 7. The smallest absolute Gasteiger partial charge is 0.254 e. The van der Waals surface area contributed by atoms with Gasteiger partial charge in [0.1, 0.15) is 5.82 Å². The maximum absolute atomic E-state index is 13.6. The number of carbonyl (C=O) groups excluding carboxylic acids is 1. The average molecular weight is 390 g/mol. The quantitative estimate of drug-likeness (QED) is 0.479. The fourth-order valence-corrected chi connectivity index (χ4v) is 2.97. The van der Waals surface area contributed by atoms with Crippen molar-refractivity contribution in [3.05, 3.63) is 107 Å². The van der Waals surface area contributed by atoms with E-state index in [4.69, 9.17) is 11.5 Å². The van der Waals surface area contributed by atoms with Crippen LogP contribution in [0.2, 0.25) is 0 Å². The van der Waals surface area contributed by atoms with Crippen molar-refractivity contribution in [3.63, 3.8) is 0 Å². The van der Waals surface area contributed by atoms with Crippen LogP contribution in [0.25, 0.3) is 0 Å². The van der Waals surface area contributed by atoms with E-state index in [2.05, 4.69) is 4.99 Å². The fraction of sp³-hybridized carbons (Fsp3) is 0.130. The minimum absolute atomic E-state index is 0.0452. The fourth-order valence-electron chi connectivity index (χ4n) is 2.97. The predicted octanol–water partition coefficient (Wildman–Crippen LogP) is 3.44. The van der Waals surface area contributed by atoms with Gasteiger partial charge in [-0.3, -0.25) is 4.79 Å². The second-order valence-electron chi connectivity index (χ2n) is 6.71. The summed E-state index contributed by atoms with van der Waals surface area (Å²) < 4.78 is 13.6. The summed E-state index contributed by atoms with van der Waals surface area (Å²) in [6, 6.07) is 23.1. The van der Waals surface area contributed by atoms with Crippen LogP contribution >= 0.6 is 0 Å². The molecule has 29 heavy (non-hydrogen) atoms. The van der Waals surface area contributed by atoms with E-state index >= 15 is 0 Å². The monoisotopic (exact) mass is 390 g/mol. The van der Waals surface area contributed by atoms with Crippen molar-refractivity contribution >= 4 is 11.9 Å². The average Bonchev–Trinajstić information content (AvgIpc) is 2.73. The lowest BCUT2D eigenvalue weighted by atomic mass is 10.1. The topological polar surface area (TPSA) is 84.7 Å². The summed E-state index contributed by atoms with van der Waals surface area (Å²) in [4.78, 5) is 18.8. The first-order chi connectivity index (χ1) is 14.0. The van der Waals surface area contributed by atoms with Gasteiger partial charge in [-0.2, -0.15) is 0 Å². The first kappa shape index (κ1) is 20.1. The molecule has 0 aliphatic rings. The SMILES string of the molecule is NC(N)=NCc1ccc(CN(Cc2cccc(F)c2)C(=O)c2ccccc2)cc1. The lowest BCUT2D eigenvalue weighted by molar-refractivity contribution is 0.0730. The maximum atomic E-state index is 13.6. The summed E-state index contributed by atoms with van der Waals surface area (Å²) >= 11 is 0.